The Hall–Kier alpha value is -2.07. The molecule has 0 atom stereocenters. The third-order valence-corrected chi connectivity index (χ3v) is 3.29. The summed E-state index contributed by atoms with van der Waals surface area (Å²) in [5.74, 6) is 1.25. The van der Waals surface area contributed by atoms with Crippen LogP contribution in [0.4, 0.5) is 11.4 Å². The van der Waals surface area contributed by atoms with Crippen LogP contribution in [0, 0.1) is 0 Å². The van der Waals surface area contributed by atoms with Crippen LogP contribution in [0.3, 0.4) is 0 Å². The predicted molar refractivity (Wildman–Crippen MR) is 82.7 cm³/mol. The minimum absolute atomic E-state index is 0.508. The molecule has 0 unspecified atom stereocenters. The van der Waals surface area contributed by atoms with Crippen molar-refractivity contribution in [3.63, 3.8) is 0 Å². The number of nitrogens with one attached hydrogen (secondary N) is 1. The molecule has 2 rings (SSSR count). The van der Waals surface area contributed by atoms with E-state index in [1.54, 1.807) is 26.4 Å². The van der Waals surface area contributed by atoms with Gasteiger partial charge in [0.25, 0.3) is 0 Å². The number of rotatable bonds is 5. The molecule has 0 aliphatic rings. The number of hydrogen-bond acceptors (Lipinski definition) is 4. The molecule has 20 heavy (non-hydrogen) atoms. The monoisotopic (exact) mass is 292 g/mol. The predicted octanol–water partition coefficient (Wildman–Crippen LogP) is 3.55. The summed E-state index contributed by atoms with van der Waals surface area (Å²) in [6, 6.07) is 11.2. The molecule has 2 aromatic carbocycles. The summed E-state index contributed by atoms with van der Waals surface area (Å²) in [5, 5.41) is 3.79. The summed E-state index contributed by atoms with van der Waals surface area (Å²) in [7, 11) is 3.17. The van der Waals surface area contributed by atoms with E-state index in [0.717, 1.165) is 16.9 Å². The standard InChI is InChI=1S/C15H17ClN2O2/c1-19-14-8-13(15(20-2)7-11(14)16)18-9-10-5-3-4-6-12(10)17/h3-8,18H,9,17H2,1-2H3. The SMILES string of the molecule is COc1cc(NCc2ccccc2N)c(OC)cc1Cl. The quantitative estimate of drug-likeness (QED) is 0.828. The second kappa shape index (κ2) is 6.39. The van der Waals surface area contributed by atoms with E-state index >= 15 is 0 Å². The average molecular weight is 293 g/mol. The molecule has 3 N–H and O–H groups in total. The van der Waals surface area contributed by atoms with Crippen LogP contribution in [-0.4, -0.2) is 14.2 Å². The number of nitrogens with two attached hydrogens (primary N) is 1. The van der Waals surface area contributed by atoms with Crippen molar-refractivity contribution in [3.8, 4) is 11.5 Å². The van der Waals surface area contributed by atoms with Crippen molar-refractivity contribution >= 4 is 23.0 Å². The molecule has 5 heteroatoms. The fraction of sp³-hybridized carbons (Fsp3) is 0.200. The number of para-hydroxylation sites is 1. The molecule has 0 fully saturated rings. The third-order valence-electron chi connectivity index (χ3n) is 3.00. The van der Waals surface area contributed by atoms with Gasteiger partial charge in [0.15, 0.2) is 0 Å². The van der Waals surface area contributed by atoms with Gasteiger partial charge in [0.05, 0.1) is 24.9 Å². The molecule has 0 aliphatic heterocycles. The highest BCUT2D eigenvalue weighted by Gasteiger charge is 2.10. The molecule has 0 radical (unpaired) electrons. The van der Waals surface area contributed by atoms with Crippen LogP contribution in [0.5, 0.6) is 11.5 Å². The zero-order valence-corrected chi connectivity index (χ0v) is 12.2. The molecule has 4 nitrogen and oxygen atoms in total. The summed E-state index contributed by atoms with van der Waals surface area (Å²) in [5.41, 5.74) is 8.49. The third kappa shape index (κ3) is 3.08. The molecule has 0 amide bonds. The van der Waals surface area contributed by atoms with Gasteiger partial charge in [-0.2, -0.15) is 0 Å². The topological polar surface area (TPSA) is 56.5 Å². The highest BCUT2D eigenvalue weighted by molar-refractivity contribution is 6.32. The fourth-order valence-electron chi connectivity index (χ4n) is 1.88. The van der Waals surface area contributed by atoms with Crippen LogP contribution in [0.1, 0.15) is 5.56 Å². The molecule has 0 heterocycles. The number of halogens is 1. The Kier molecular flexibility index (Phi) is 4.58. The van der Waals surface area contributed by atoms with Gasteiger partial charge < -0.3 is 20.5 Å². The van der Waals surface area contributed by atoms with Crippen LogP contribution in [0.2, 0.25) is 5.02 Å². The van der Waals surface area contributed by atoms with Crippen LogP contribution < -0.4 is 20.5 Å². The molecule has 0 bridgehead atoms. The molecule has 0 saturated carbocycles. The molecule has 0 aliphatic carbocycles. The van der Waals surface area contributed by atoms with Gasteiger partial charge in [-0.25, -0.2) is 0 Å². The van der Waals surface area contributed by atoms with Crippen LogP contribution >= 0.6 is 11.6 Å². The maximum Gasteiger partial charge on any atom is 0.143 e. The Morgan fingerprint density at radius 2 is 1.80 bits per heavy atom. The second-order valence-electron chi connectivity index (χ2n) is 4.24. The Morgan fingerprint density at radius 1 is 1.10 bits per heavy atom. The molecular weight excluding hydrogens is 276 g/mol. The van der Waals surface area contributed by atoms with Crippen LogP contribution in [0.25, 0.3) is 0 Å². The molecule has 106 valence electrons. The summed E-state index contributed by atoms with van der Waals surface area (Å²) < 4.78 is 10.5. The molecular formula is C15H17ClN2O2. The first-order valence-corrected chi connectivity index (χ1v) is 6.52. The average Bonchev–Trinajstić information content (AvgIpc) is 2.47. The van der Waals surface area contributed by atoms with E-state index in [1.807, 2.05) is 24.3 Å². The van der Waals surface area contributed by atoms with Gasteiger partial charge >= 0.3 is 0 Å². The van der Waals surface area contributed by atoms with Crippen molar-refractivity contribution in [2.45, 2.75) is 6.54 Å². The Bertz CT molecular complexity index is 602. The lowest BCUT2D eigenvalue weighted by Gasteiger charge is -2.14. The highest BCUT2D eigenvalue weighted by atomic mass is 35.5. The lowest BCUT2D eigenvalue weighted by atomic mass is 10.1. The molecule has 0 aromatic heterocycles. The van der Waals surface area contributed by atoms with Crippen LogP contribution in [0.15, 0.2) is 36.4 Å². The maximum absolute atomic E-state index is 6.07. The smallest absolute Gasteiger partial charge is 0.143 e. The van der Waals surface area contributed by atoms with Crippen LogP contribution in [-0.2, 0) is 6.54 Å². The van der Waals surface area contributed by atoms with E-state index in [0.29, 0.717) is 23.1 Å². The number of hydrogen-bond donors (Lipinski definition) is 2. The largest absolute Gasteiger partial charge is 0.495 e. The maximum atomic E-state index is 6.07. The minimum Gasteiger partial charge on any atom is -0.495 e. The van der Waals surface area contributed by atoms with E-state index in [1.165, 1.54) is 0 Å². The normalized spacial score (nSPS) is 10.2. The minimum atomic E-state index is 0.508. The van der Waals surface area contributed by atoms with Crippen molar-refractivity contribution in [2.75, 3.05) is 25.3 Å². The lowest BCUT2D eigenvalue weighted by molar-refractivity contribution is 0.404. The molecule has 0 saturated heterocycles. The molecule has 0 spiro atoms. The van der Waals surface area contributed by atoms with E-state index < -0.39 is 0 Å². The van der Waals surface area contributed by atoms with Crippen molar-refractivity contribution in [2.24, 2.45) is 0 Å². The number of ether oxygens (including phenoxy) is 2. The van der Waals surface area contributed by atoms with Gasteiger partial charge in [0.1, 0.15) is 11.5 Å². The first kappa shape index (κ1) is 14.3. The first-order chi connectivity index (χ1) is 9.65. The molecule has 2 aromatic rings. The lowest BCUT2D eigenvalue weighted by Crippen LogP contribution is -2.04. The summed E-state index contributed by atoms with van der Waals surface area (Å²) >= 11 is 6.07. The van der Waals surface area contributed by atoms with E-state index in [-0.39, 0.29) is 0 Å². The van der Waals surface area contributed by atoms with E-state index in [9.17, 15) is 0 Å². The van der Waals surface area contributed by atoms with Gasteiger partial charge in [-0.05, 0) is 11.6 Å². The highest BCUT2D eigenvalue weighted by Crippen LogP contribution is 2.36. The Morgan fingerprint density at radius 3 is 2.45 bits per heavy atom. The number of anilines is 2. The van der Waals surface area contributed by atoms with Gasteiger partial charge in [-0.3, -0.25) is 0 Å². The van der Waals surface area contributed by atoms with Crippen molar-refractivity contribution in [1.29, 1.82) is 0 Å². The van der Waals surface area contributed by atoms with Gasteiger partial charge in [0, 0.05) is 24.4 Å². The summed E-state index contributed by atoms with van der Waals surface area (Å²) in [4.78, 5) is 0. The zero-order valence-electron chi connectivity index (χ0n) is 11.4. The summed E-state index contributed by atoms with van der Waals surface area (Å²) in [6.45, 7) is 0.591. The number of methoxy groups -OCH3 is 2. The second-order valence-corrected chi connectivity index (χ2v) is 4.65. The van der Waals surface area contributed by atoms with E-state index in [4.69, 9.17) is 26.8 Å². The summed E-state index contributed by atoms with van der Waals surface area (Å²) in [6.07, 6.45) is 0. The van der Waals surface area contributed by atoms with Crippen molar-refractivity contribution in [3.05, 3.63) is 47.0 Å². The van der Waals surface area contributed by atoms with Crippen molar-refractivity contribution in [1.82, 2.24) is 0 Å². The zero-order chi connectivity index (χ0) is 14.5. The van der Waals surface area contributed by atoms with Gasteiger partial charge in [-0.15, -0.1) is 0 Å². The first-order valence-electron chi connectivity index (χ1n) is 6.14. The van der Waals surface area contributed by atoms with E-state index in [2.05, 4.69) is 5.32 Å². The van der Waals surface area contributed by atoms with Crippen molar-refractivity contribution < 1.29 is 9.47 Å². The Labute approximate surface area is 123 Å². The number of nitrogen functional groups attached to an aromatic ring is 1. The Balaban J connectivity index is 2.22. The van der Waals surface area contributed by atoms with Gasteiger partial charge in [-0.1, -0.05) is 29.8 Å². The fourth-order valence-corrected chi connectivity index (χ4v) is 2.12. The number of benzene rings is 2. The van der Waals surface area contributed by atoms with Gasteiger partial charge in [0.2, 0.25) is 0 Å².